The average molecular weight is 421 g/mol. The third-order valence-electron chi connectivity index (χ3n) is 4.46. The Morgan fingerprint density at radius 1 is 1.28 bits per heavy atom. The highest BCUT2D eigenvalue weighted by Crippen LogP contribution is 2.37. The van der Waals surface area contributed by atoms with E-state index in [-0.39, 0.29) is 23.4 Å². The van der Waals surface area contributed by atoms with Gasteiger partial charge in [-0.1, -0.05) is 23.5 Å². The van der Waals surface area contributed by atoms with Gasteiger partial charge in [0.2, 0.25) is 0 Å². The molecule has 1 atom stereocenters. The van der Waals surface area contributed by atoms with Crippen LogP contribution < -0.4 is 4.90 Å². The van der Waals surface area contributed by atoms with Gasteiger partial charge < -0.3 is 19.6 Å². The van der Waals surface area contributed by atoms with E-state index in [4.69, 9.17) is 4.74 Å². The van der Waals surface area contributed by atoms with E-state index in [2.05, 4.69) is 4.98 Å². The highest BCUT2D eigenvalue weighted by atomic mass is 32.1. The highest BCUT2D eigenvalue weighted by molar-refractivity contribution is 7.19. The van der Waals surface area contributed by atoms with Crippen molar-refractivity contribution in [1.29, 1.82) is 0 Å². The molecule has 2 aromatic rings. The number of carbonyl (C=O) groups excluding carboxylic acids is 1. The number of nitrogens with zero attached hydrogens (tertiary/aromatic N) is 3. The quantitative estimate of drug-likeness (QED) is 0.804. The Labute approximate surface area is 172 Å². The van der Waals surface area contributed by atoms with Gasteiger partial charge in [0.1, 0.15) is 21.4 Å². The van der Waals surface area contributed by atoms with Gasteiger partial charge in [-0.15, -0.1) is 0 Å². The summed E-state index contributed by atoms with van der Waals surface area (Å²) in [5.41, 5.74) is -0.422. The van der Waals surface area contributed by atoms with Crippen LogP contribution in [0, 0.1) is 5.82 Å². The topological polar surface area (TPSA) is 83.0 Å². The minimum absolute atomic E-state index is 0.105. The predicted octanol–water partition coefficient (Wildman–Crippen LogP) is 4.09. The molecule has 3 rings (SSSR count). The van der Waals surface area contributed by atoms with Crippen molar-refractivity contribution in [1.82, 2.24) is 9.88 Å². The smallest absolute Gasteiger partial charge is 0.410 e. The number of carboxylic acids is 1. The zero-order valence-electron chi connectivity index (χ0n) is 16.8. The lowest BCUT2D eigenvalue weighted by molar-refractivity contribution is 0.0158. The number of benzene rings is 1. The number of piperazine rings is 1. The summed E-state index contributed by atoms with van der Waals surface area (Å²) in [6.45, 7) is 8.57. The summed E-state index contributed by atoms with van der Waals surface area (Å²) in [7, 11) is 0. The first-order valence-corrected chi connectivity index (χ1v) is 10.1. The fourth-order valence-electron chi connectivity index (χ4n) is 3.15. The second kappa shape index (κ2) is 7.98. The van der Waals surface area contributed by atoms with E-state index in [1.54, 1.807) is 23.1 Å². The molecule has 1 N–H and O–H groups in total. The van der Waals surface area contributed by atoms with Crippen molar-refractivity contribution in [3.05, 3.63) is 35.8 Å². The van der Waals surface area contributed by atoms with Crippen LogP contribution in [0.15, 0.2) is 24.3 Å². The number of aromatic carboxylic acids is 1. The molecule has 1 aromatic carbocycles. The van der Waals surface area contributed by atoms with Crippen LogP contribution in [0.1, 0.15) is 38.2 Å². The first-order valence-electron chi connectivity index (χ1n) is 9.30. The van der Waals surface area contributed by atoms with Crippen molar-refractivity contribution in [3.63, 3.8) is 0 Å². The van der Waals surface area contributed by atoms with Crippen LogP contribution in [-0.4, -0.2) is 58.3 Å². The molecule has 29 heavy (non-hydrogen) atoms. The number of rotatable bonds is 3. The van der Waals surface area contributed by atoms with Crippen LogP contribution in [0.25, 0.3) is 10.6 Å². The third kappa shape index (κ3) is 4.67. The van der Waals surface area contributed by atoms with Gasteiger partial charge in [-0.3, -0.25) is 0 Å². The van der Waals surface area contributed by atoms with Crippen LogP contribution in [-0.2, 0) is 4.74 Å². The summed E-state index contributed by atoms with van der Waals surface area (Å²) in [5.74, 6) is -1.62. The van der Waals surface area contributed by atoms with Gasteiger partial charge in [0.05, 0.1) is 0 Å². The third-order valence-corrected chi connectivity index (χ3v) is 5.61. The lowest BCUT2D eigenvalue weighted by atomic mass is 10.2. The van der Waals surface area contributed by atoms with Gasteiger partial charge in [-0.05, 0) is 39.8 Å². The van der Waals surface area contributed by atoms with Crippen LogP contribution in [0.5, 0.6) is 0 Å². The molecule has 9 heteroatoms. The first-order chi connectivity index (χ1) is 13.6. The number of carboxylic acid groups (broad SMARTS) is 1. The Bertz CT molecular complexity index is 925. The van der Waals surface area contributed by atoms with Crippen molar-refractivity contribution < 1.29 is 23.8 Å². The SMILES string of the molecule is C[C@@H]1CN(c2sc(-c3ccccc3F)nc2C(=O)O)CCN1C(=O)OC(C)(C)C. The molecular weight excluding hydrogens is 397 g/mol. The van der Waals surface area contributed by atoms with Crippen molar-refractivity contribution in [2.45, 2.75) is 39.3 Å². The Balaban J connectivity index is 1.84. The maximum Gasteiger partial charge on any atom is 0.410 e. The second-order valence-electron chi connectivity index (χ2n) is 7.93. The molecule has 0 saturated carbocycles. The zero-order chi connectivity index (χ0) is 21.3. The average Bonchev–Trinajstić information content (AvgIpc) is 3.06. The summed E-state index contributed by atoms with van der Waals surface area (Å²) < 4.78 is 19.6. The molecule has 156 valence electrons. The molecule has 1 amide bonds. The lowest BCUT2D eigenvalue weighted by Crippen LogP contribution is -2.55. The molecule has 0 spiro atoms. The summed E-state index contributed by atoms with van der Waals surface area (Å²) in [6, 6.07) is 5.97. The maximum absolute atomic E-state index is 14.1. The van der Waals surface area contributed by atoms with Crippen molar-refractivity contribution in [3.8, 4) is 10.6 Å². The highest BCUT2D eigenvalue weighted by Gasteiger charge is 2.33. The number of thiazole rings is 1. The van der Waals surface area contributed by atoms with Gasteiger partial charge in [0, 0.05) is 31.2 Å². The van der Waals surface area contributed by atoms with Crippen LogP contribution in [0.2, 0.25) is 0 Å². The molecule has 0 bridgehead atoms. The number of halogens is 1. The molecule has 1 aliphatic heterocycles. The Hall–Kier alpha value is -2.68. The number of hydrogen-bond donors (Lipinski definition) is 1. The van der Waals surface area contributed by atoms with Gasteiger partial charge in [-0.25, -0.2) is 19.0 Å². The lowest BCUT2D eigenvalue weighted by Gasteiger charge is -2.40. The predicted molar refractivity (Wildman–Crippen MR) is 109 cm³/mol. The number of hydrogen-bond acceptors (Lipinski definition) is 6. The normalized spacial score (nSPS) is 17.3. The van der Waals surface area contributed by atoms with Crippen LogP contribution in [0.4, 0.5) is 14.2 Å². The second-order valence-corrected chi connectivity index (χ2v) is 8.90. The molecule has 1 aromatic heterocycles. The van der Waals surface area contributed by atoms with Gasteiger partial charge >= 0.3 is 12.1 Å². The minimum atomic E-state index is -1.17. The molecule has 1 fully saturated rings. The summed E-state index contributed by atoms with van der Waals surface area (Å²) in [6.07, 6.45) is -0.389. The number of anilines is 1. The Morgan fingerprint density at radius 2 is 1.97 bits per heavy atom. The fourth-order valence-corrected chi connectivity index (χ4v) is 4.27. The van der Waals surface area contributed by atoms with Crippen LogP contribution >= 0.6 is 11.3 Å². The molecule has 0 aliphatic carbocycles. The fraction of sp³-hybridized carbons (Fsp3) is 0.450. The number of amides is 1. The Morgan fingerprint density at radius 3 is 2.55 bits per heavy atom. The zero-order valence-corrected chi connectivity index (χ0v) is 17.6. The molecular formula is C20H24FN3O4S. The molecule has 2 heterocycles. The molecule has 7 nitrogen and oxygen atoms in total. The van der Waals surface area contributed by atoms with Gasteiger partial charge in [-0.2, -0.15) is 0 Å². The standard InChI is InChI=1S/C20H24FN3O4S/c1-12-11-23(9-10-24(12)19(27)28-20(2,3)4)17-15(18(25)26)22-16(29-17)13-7-5-6-8-14(13)21/h5-8,12H,9-11H2,1-4H3,(H,25,26)/t12-/m1/s1. The van der Waals surface area contributed by atoms with Gasteiger partial charge in [0.25, 0.3) is 0 Å². The molecule has 1 aliphatic rings. The van der Waals surface area contributed by atoms with E-state index < -0.39 is 17.4 Å². The van der Waals surface area contributed by atoms with E-state index in [0.717, 1.165) is 11.3 Å². The van der Waals surface area contributed by atoms with E-state index in [9.17, 15) is 19.1 Å². The van der Waals surface area contributed by atoms with Crippen molar-refractivity contribution in [2.24, 2.45) is 0 Å². The van der Waals surface area contributed by atoms with Crippen molar-refractivity contribution >= 4 is 28.4 Å². The number of ether oxygens (including phenoxy) is 1. The first kappa shape index (κ1) is 21.0. The largest absolute Gasteiger partial charge is 0.476 e. The van der Waals surface area contributed by atoms with E-state index >= 15 is 0 Å². The molecule has 1 saturated heterocycles. The summed E-state index contributed by atoms with van der Waals surface area (Å²) in [4.78, 5) is 31.9. The maximum atomic E-state index is 14.1. The molecule has 0 radical (unpaired) electrons. The van der Waals surface area contributed by atoms with Crippen molar-refractivity contribution in [2.75, 3.05) is 24.5 Å². The summed E-state index contributed by atoms with van der Waals surface area (Å²) in [5, 5.41) is 10.4. The van der Waals surface area contributed by atoms with E-state index in [0.29, 0.717) is 29.6 Å². The number of aromatic nitrogens is 1. The van der Waals surface area contributed by atoms with E-state index in [1.807, 2.05) is 32.6 Å². The van der Waals surface area contributed by atoms with Crippen LogP contribution in [0.3, 0.4) is 0 Å². The summed E-state index contributed by atoms with van der Waals surface area (Å²) >= 11 is 1.14. The van der Waals surface area contributed by atoms with Gasteiger partial charge in [0.15, 0.2) is 5.69 Å². The molecule has 0 unspecified atom stereocenters. The Kier molecular flexibility index (Phi) is 5.79. The number of carbonyl (C=O) groups is 2. The minimum Gasteiger partial charge on any atom is -0.476 e. The monoisotopic (exact) mass is 421 g/mol. The van der Waals surface area contributed by atoms with E-state index in [1.165, 1.54) is 6.07 Å².